The second kappa shape index (κ2) is 7.64. The largest absolute Gasteiger partial charge is 0.468 e. The predicted molar refractivity (Wildman–Crippen MR) is 53.9 cm³/mol. The smallest absolute Gasteiger partial charge is 0.323 e. The van der Waals surface area contributed by atoms with E-state index in [1.54, 1.807) is 6.92 Å². The number of hydrogen-bond donors (Lipinski definition) is 1. The highest BCUT2D eigenvalue weighted by Gasteiger charge is 2.14. The summed E-state index contributed by atoms with van der Waals surface area (Å²) in [5.41, 5.74) is 5.44. The van der Waals surface area contributed by atoms with Crippen molar-refractivity contribution in [1.82, 2.24) is 0 Å². The van der Waals surface area contributed by atoms with Crippen LogP contribution in [0.4, 0.5) is 0 Å². The van der Waals surface area contributed by atoms with Crippen molar-refractivity contribution in [1.29, 1.82) is 0 Å². The van der Waals surface area contributed by atoms with Crippen LogP contribution in [0.3, 0.4) is 0 Å². The molecule has 5 nitrogen and oxygen atoms in total. The Labute approximate surface area is 87.3 Å². The van der Waals surface area contributed by atoms with Gasteiger partial charge < -0.3 is 15.2 Å². The Bertz CT molecular complexity index is 198. The van der Waals surface area contributed by atoms with E-state index in [9.17, 15) is 9.59 Å². The molecule has 0 aromatic heterocycles. The average molecular weight is 221 g/mol. The van der Waals surface area contributed by atoms with Gasteiger partial charge in [-0.15, -0.1) is 11.8 Å². The predicted octanol–water partition coefficient (Wildman–Crippen LogP) is -0.217. The lowest BCUT2D eigenvalue weighted by atomic mass is 10.4. The van der Waals surface area contributed by atoms with E-state index in [2.05, 4.69) is 4.74 Å². The van der Waals surface area contributed by atoms with Crippen molar-refractivity contribution < 1.29 is 19.1 Å². The summed E-state index contributed by atoms with van der Waals surface area (Å²) < 4.78 is 9.12. The van der Waals surface area contributed by atoms with Crippen LogP contribution in [0.1, 0.15) is 6.92 Å². The molecule has 0 aliphatic rings. The van der Waals surface area contributed by atoms with Crippen molar-refractivity contribution in [2.75, 3.05) is 25.2 Å². The minimum absolute atomic E-state index is 0.207. The topological polar surface area (TPSA) is 78.6 Å². The van der Waals surface area contributed by atoms with Crippen molar-refractivity contribution in [3.05, 3.63) is 0 Å². The molecule has 0 radical (unpaired) electrons. The minimum Gasteiger partial charge on any atom is -0.468 e. The van der Waals surface area contributed by atoms with Gasteiger partial charge in [0.25, 0.3) is 0 Å². The Balaban J connectivity index is 3.53. The van der Waals surface area contributed by atoms with E-state index in [-0.39, 0.29) is 11.7 Å². The fraction of sp³-hybridized carbons (Fsp3) is 0.750. The van der Waals surface area contributed by atoms with Crippen molar-refractivity contribution >= 4 is 23.7 Å². The molecule has 6 heteroatoms. The first-order chi connectivity index (χ1) is 6.61. The van der Waals surface area contributed by atoms with E-state index in [0.717, 1.165) is 0 Å². The lowest BCUT2D eigenvalue weighted by molar-refractivity contribution is -0.142. The van der Waals surface area contributed by atoms with E-state index in [1.807, 2.05) is 0 Å². The lowest BCUT2D eigenvalue weighted by Crippen LogP contribution is -2.34. The van der Waals surface area contributed by atoms with E-state index < -0.39 is 12.0 Å². The van der Waals surface area contributed by atoms with Crippen LogP contribution < -0.4 is 5.73 Å². The summed E-state index contributed by atoms with van der Waals surface area (Å²) in [6.45, 7) is 2.10. The Morgan fingerprint density at radius 3 is 2.64 bits per heavy atom. The monoisotopic (exact) mass is 221 g/mol. The highest BCUT2D eigenvalue weighted by atomic mass is 32.2. The molecule has 0 saturated heterocycles. The normalized spacial score (nSPS) is 11.9. The molecule has 0 aromatic carbocycles. The van der Waals surface area contributed by atoms with E-state index >= 15 is 0 Å². The first kappa shape index (κ1) is 13.2. The molecule has 0 amide bonds. The maximum absolute atomic E-state index is 10.9. The molecule has 0 aromatic rings. The van der Waals surface area contributed by atoms with Gasteiger partial charge in [-0.25, -0.2) is 0 Å². The first-order valence-electron chi connectivity index (χ1n) is 4.18. The van der Waals surface area contributed by atoms with Gasteiger partial charge in [-0.05, 0) is 6.92 Å². The third-order valence-corrected chi connectivity index (χ3v) is 2.36. The van der Waals surface area contributed by atoms with Gasteiger partial charge >= 0.3 is 11.9 Å². The zero-order chi connectivity index (χ0) is 11.0. The SMILES string of the molecule is CCOC(=O)CSCC(N)C(=O)OC. The quantitative estimate of drug-likeness (QED) is 0.625. The number of esters is 2. The molecule has 1 unspecified atom stereocenters. The van der Waals surface area contributed by atoms with Gasteiger partial charge in [-0.2, -0.15) is 0 Å². The van der Waals surface area contributed by atoms with Crippen LogP contribution in [-0.2, 0) is 19.1 Å². The van der Waals surface area contributed by atoms with Gasteiger partial charge in [0.15, 0.2) is 0 Å². The van der Waals surface area contributed by atoms with E-state index in [4.69, 9.17) is 10.5 Å². The van der Waals surface area contributed by atoms with Crippen LogP contribution in [0.15, 0.2) is 0 Å². The van der Waals surface area contributed by atoms with E-state index in [0.29, 0.717) is 12.4 Å². The number of nitrogens with two attached hydrogens (primary N) is 1. The second-order valence-corrected chi connectivity index (χ2v) is 3.48. The number of carbonyl (C=O) groups excluding carboxylic acids is 2. The molecule has 0 rings (SSSR count). The van der Waals surface area contributed by atoms with Crippen molar-refractivity contribution in [3.63, 3.8) is 0 Å². The molecule has 1 atom stereocenters. The molecule has 0 saturated carbocycles. The number of hydrogen-bond acceptors (Lipinski definition) is 6. The fourth-order valence-electron chi connectivity index (χ4n) is 0.691. The molecule has 0 spiro atoms. The Morgan fingerprint density at radius 1 is 1.50 bits per heavy atom. The highest BCUT2D eigenvalue weighted by molar-refractivity contribution is 8.00. The molecule has 0 aliphatic carbocycles. The summed E-state index contributed by atoms with van der Waals surface area (Å²) in [6.07, 6.45) is 0. The molecule has 14 heavy (non-hydrogen) atoms. The van der Waals surface area contributed by atoms with E-state index in [1.165, 1.54) is 18.9 Å². The van der Waals surface area contributed by atoms with Crippen LogP contribution in [0, 0.1) is 0 Å². The van der Waals surface area contributed by atoms with Gasteiger partial charge in [0, 0.05) is 5.75 Å². The maximum Gasteiger partial charge on any atom is 0.323 e. The Kier molecular flexibility index (Phi) is 7.23. The van der Waals surface area contributed by atoms with Crippen LogP contribution >= 0.6 is 11.8 Å². The lowest BCUT2D eigenvalue weighted by Gasteiger charge is -2.07. The summed E-state index contributed by atoms with van der Waals surface area (Å²) >= 11 is 1.25. The first-order valence-corrected chi connectivity index (χ1v) is 5.34. The van der Waals surface area contributed by atoms with Crippen LogP contribution in [-0.4, -0.2) is 43.2 Å². The standard InChI is InChI=1S/C8H15NO4S/c1-3-13-7(10)5-14-4-6(9)8(11)12-2/h6H,3-5,9H2,1-2H3. The van der Waals surface area contributed by atoms with Gasteiger partial charge in [0.05, 0.1) is 19.5 Å². The molecular weight excluding hydrogens is 206 g/mol. The van der Waals surface area contributed by atoms with Gasteiger partial charge in [0.1, 0.15) is 6.04 Å². The molecule has 0 fully saturated rings. The highest BCUT2D eigenvalue weighted by Crippen LogP contribution is 2.03. The summed E-state index contributed by atoms with van der Waals surface area (Å²) in [6, 6.07) is -0.681. The summed E-state index contributed by atoms with van der Waals surface area (Å²) in [5.74, 6) is -0.208. The summed E-state index contributed by atoms with van der Waals surface area (Å²) in [4.78, 5) is 21.7. The number of rotatable bonds is 6. The third-order valence-electron chi connectivity index (χ3n) is 1.33. The zero-order valence-corrected chi connectivity index (χ0v) is 9.13. The number of carbonyl (C=O) groups is 2. The van der Waals surface area contributed by atoms with Crippen LogP contribution in [0.5, 0.6) is 0 Å². The summed E-state index contributed by atoms with van der Waals surface area (Å²) in [7, 11) is 1.28. The number of ether oxygens (including phenoxy) is 2. The zero-order valence-electron chi connectivity index (χ0n) is 8.32. The molecule has 0 heterocycles. The fourth-order valence-corrected chi connectivity index (χ4v) is 1.45. The molecular formula is C8H15NO4S. The van der Waals surface area contributed by atoms with Crippen molar-refractivity contribution in [2.45, 2.75) is 13.0 Å². The second-order valence-electron chi connectivity index (χ2n) is 2.45. The van der Waals surface area contributed by atoms with Gasteiger partial charge in [0.2, 0.25) is 0 Å². The van der Waals surface area contributed by atoms with Gasteiger partial charge in [-0.3, -0.25) is 9.59 Å². The molecule has 82 valence electrons. The third kappa shape index (κ3) is 5.82. The number of methoxy groups -OCH3 is 1. The number of thioether (sulfide) groups is 1. The van der Waals surface area contributed by atoms with Crippen LogP contribution in [0.25, 0.3) is 0 Å². The molecule has 0 aliphatic heterocycles. The van der Waals surface area contributed by atoms with Gasteiger partial charge in [-0.1, -0.05) is 0 Å². The maximum atomic E-state index is 10.9. The molecule has 2 N–H and O–H groups in total. The van der Waals surface area contributed by atoms with Crippen molar-refractivity contribution in [2.24, 2.45) is 5.73 Å². The van der Waals surface area contributed by atoms with Crippen LogP contribution in [0.2, 0.25) is 0 Å². The summed E-state index contributed by atoms with van der Waals surface area (Å²) in [5, 5.41) is 0. The molecule has 0 bridgehead atoms. The minimum atomic E-state index is -0.681. The van der Waals surface area contributed by atoms with Crippen molar-refractivity contribution in [3.8, 4) is 0 Å². The average Bonchev–Trinajstić information content (AvgIpc) is 2.16. The Morgan fingerprint density at radius 2 is 2.14 bits per heavy atom. The Hall–Kier alpha value is -0.750.